The van der Waals surface area contributed by atoms with Gasteiger partial charge in [-0.15, -0.1) is 0 Å². The van der Waals surface area contributed by atoms with Crippen LogP contribution in [0.4, 0.5) is 0 Å². The van der Waals surface area contributed by atoms with Crippen LogP contribution in [0.1, 0.15) is 119 Å². The third-order valence-corrected chi connectivity index (χ3v) is 24.5. The van der Waals surface area contributed by atoms with Crippen LogP contribution in [-0.4, -0.2) is 39.5 Å². The fourth-order valence-corrected chi connectivity index (χ4v) is 22.8. The van der Waals surface area contributed by atoms with Crippen molar-refractivity contribution in [3.05, 3.63) is 64.2 Å². The Balaban J connectivity index is -0.000000446. The van der Waals surface area contributed by atoms with Crippen molar-refractivity contribution in [2.75, 3.05) is 0 Å². The van der Waals surface area contributed by atoms with Crippen LogP contribution < -0.4 is 0 Å². The van der Waals surface area contributed by atoms with Crippen molar-refractivity contribution < 1.29 is 17.1 Å². The summed E-state index contributed by atoms with van der Waals surface area (Å²) in [5.41, 5.74) is 0. The molecule has 2 aliphatic carbocycles. The van der Waals surface area contributed by atoms with Gasteiger partial charge >= 0.3 is 185 Å². The molecule has 0 heterocycles. The maximum atomic E-state index is 2.81. The largest absolute Gasteiger partial charge is 0.513 e. The second-order valence-electron chi connectivity index (χ2n) is 9.89. The Morgan fingerprint density at radius 3 is 0.757 bits per heavy atom. The van der Waals surface area contributed by atoms with E-state index in [4.69, 9.17) is 0 Å². The Morgan fingerprint density at radius 2 is 0.622 bits per heavy atom. The van der Waals surface area contributed by atoms with Gasteiger partial charge in [0, 0.05) is 17.1 Å². The minimum absolute atomic E-state index is 0. The molecule has 0 N–H and O–H groups in total. The molecule has 2 saturated carbocycles. The Labute approximate surface area is 263 Å². The van der Waals surface area contributed by atoms with E-state index in [1.54, 1.807) is 33.0 Å². The van der Waals surface area contributed by atoms with Crippen LogP contribution in [0.3, 0.4) is 0 Å². The molecule has 0 spiro atoms. The van der Waals surface area contributed by atoms with E-state index in [2.05, 4.69) is 54.4 Å². The van der Waals surface area contributed by atoms with Crippen molar-refractivity contribution in [3.63, 3.8) is 0 Å². The summed E-state index contributed by atoms with van der Waals surface area (Å²) in [5.74, 6) is 0. The Morgan fingerprint density at radius 1 is 0.405 bits per heavy atom. The molecule has 0 aliphatic heterocycles. The molecule has 3 heteroatoms. The van der Waals surface area contributed by atoms with Gasteiger partial charge in [-0.25, -0.2) is 0 Å². The predicted molar refractivity (Wildman–Crippen MR) is 171 cm³/mol. The summed E-state index contributed by atoms with van der Waals surface area (Å²) in [6.07, 6.45) is 38.7. The molecular formula is C34H62FeSn2. The molecular weight excluding hydrogens is 702 g/mol. The van der Waals surface area contributed by atoms with Gasteiger partial charge in [-0.2, -0.15) is 0 Å². The molecule has 0 saturated heterocycles. The molecule has 0 aromatic rings. The van der Waals surface area contributed by atoms with Gasteiger partial charge in [-0.3, -0.25) is 12.8 Å². The third-order valence-electron chi connectivity index (χ3n) is 6.30. The van der Waals surface area contributed by atoms with Gasteiger partial charge in [0.25, 0.3) is 0 Å². The number of unbranched alkanes of at least 4 members (excludes halogenated alkanes) is 6. The van der Waals surface area contributed by atoms with Crippen LogP contribution >= 0.6 is 0 Å². The quantitative estimate of drug-likeness (QED) is 0.0963. The minimum atomic E-state index is -0.839. The van der Waals surface area contributed by atoms with Crippen molar-refractivity contribution >= 4 is 39.5 Å². The third kappa shape index (κ3) is 38.1. The maximum Gasteiger partial charge on any atom is 0 e. The van der Waals surface area contributed by atoms with Crippen molar-refractivity contribution in [3.8, 4) is 0 Å². The summed E-state index contributed by atoms with van der Waals surface area (Å²) < 4.78 is 10.1. The SMILES string of the molecule is CCC[CH2][Sn+]([CH2]CCC)[CH2]CCC.CCC[CH2][Sn+]([CH2]CCC)[CH2]CCC.[C-]1[CH][C-][CH][CH]1.[CH]1[CH][CH][CH][CH]1.[Fe]. The molecule has 0 unspecified atom stereocenters. The van der Waals surface area contributed by atoms with E-state index in [0.29, 0.717) is 0 Å². The Hall–Kier alpha value is 2.12. The molecule has 2 rings (SSSR count). The van der Waals surface area contributed by atoms with E-state index in [1.807, 2.05) is 44.9 Å². The smallest absolute Gasteiger partial charge is 0 e. The van der Waals surface area contributed by atoms with Gasteiger partial charge in [0.1, 0.15) is 0 Å². The molecule has 214 valence electrons. The van der Waals surface area contributed by atoms with Gasteiger partial charge in [0.15, 0.2) is 0 Å². The van der Waals surface area contributed by atoms with Crippen LogP contribution in [0.15, 0.2) is 0 Å². The van der Waals surface area contributed by atoms with Gasteiger partial charge in [-0.1, -0.05) is 0 Å². The summed E-state index contributed by atoms with van der Waals surface area (Å²) in [5, 5.41) is 0. The van der Waals surface area contributed by atoms with Gasteiger partial charge in [0.2, 0.25) is 0 Å². The van der Waals surface area contributed by atoms with E-state index in [9.17, 15) is 0 Å². The van der Waals surface area contributed by atoms with Crippen LogP contribution in [0.25, 0.3) is 0 Å². The maximum absolute atomic E-state index is 2.81. The number of hydrogen-bond acceptors (Lipinski definition) is 0. The van der Waals surface area contributed by atoms with E-state index in [-0.39, 0.29) is 17.1 Å². The molecule has 2 fully saturated rings. The summed E-state index contributed by atoms with van der Waals surface area (Å²) in [4.78, 5) is 0. The molecule has 2 aliphatic rings. The van der Waals surface area contributed by atoms with Crippen LogP contribution in [-0.2, 0) is 17.1 Å². The van der Waals surface area contributed by atoms with E-state index < -0.39 is 39.5 Å². The second-order valence-corrected chi connectivity index (χ2v) is 27.0. The summed E-state index contributed by atoms with van der Waals surface area (Å²) in [6, 6.07) is 0. The van der Waals surface area contributed by atoms with Crippen molar-refractivity contribution in [1.82, 2.24) is 0 Å². The van der Waals surface area contributed by atoms with Gasteiger partial charge in [0.05, 0.1) is 0 Å². The first kappa shape index (κ1) is 43.6. The zero-order valence-electron chi connectivity index (χ0n) is 25.7. The standard InChI is InChI=1S/C5H5.C5H3.6C4H9.Fe.2Sn/c2*1-2-4-5-3-1;6*1-3-4-2;;;/h1-5H;1-2,5H;6*1,3-4H2,2H3;;;/q;-2;;;;;;;;2*+1. The van der Waals surface area contributed by atoms with Gasteiger partial charge < -0.3 is 19.3 Å². The molecule has 0 aromatic carbocycles. The first-order chi connectivity index (χ1) is 17.7. The fourth-order valence-electron chi connectivity index (χ4n) is 3.87. The number of rotatable bonds is 18. The zero-order valence-corrected chi connectivity index (χ0v) is 32.5. The first-order valence-corrected chi connectivity index (χ1v) is 27.6. The number of hydrogen-bond donors (Lipinski definition) is 0. The second kappa shape index (κ2) is 40.3. The molecule has 0 nitrogen and oxygen atoms in total. The first-order valence-electron chi connectivity index (χ1n) is 15.5. The molecule has 10 radical (unpaired) electrons. The molecule has 0 atom stereocenters. The van der Waals surface area contributed by atoms with E-state index in [1.165, 1.54) is 77.0 Å². The van der Waals surface area contributed by atoms with E-state index in [0.717, 1.165) is 0 Å². The topological polar surface area (TPSA) is 0 Å². The summed E-state index contributed by atoms with van der Waals surface area (Å²) in [6.45, 7) is 14.0. The van der Waals surface area contributed by atoms with Crippen molar-refractivity contribution in [1.29, 1.82) is 0 Å². The zero-order chi connectivity index (χ0) is 27.0. The minimum Gasteiger partial charge on any atom is -0.513 e. The van der Waals surface area contributed by atoms with Crippen molar-refractivity contribution in [2.24, 2.45) is 0 Å². The average Bonchev–Trinajstić information content (AvgIpc) is 3.68. The predicted octanol–water partition coefficient (Wildman–Crippen LogP) is 11.6. The summed E-state index contributed by atoms with van der Waals surface area (Å²) >= 11 is -1.68. The van der Waals surface area contributed by atoms with Crippen molar-refractivity contribution in [2.45, 2.75) is 145 Å². The Bertz CT molecular complexity index is 268. The Kier molecular flexibility index (Phi) is 47.4. The fraction of sp³-hybridized carbons (Fsp3) is 0.706. The van der Waals surface area contributed by atoms with Crippen LogP contribution in [0.5, 0.6) is 0 Å². The molecule has 0 bridgehead atoms. The monoisotopic (exact) mass is 766 g/mol. The molecule has 0 amide bonds. The van der Waals surface area contributed by atoms with Gasteiger partial charge in [-0.05, 0) is 32.1 Å². The van der Waals surface area contributed by atoms with Crippen LogP contribution in [0.2, 0.25) is 26.6 Å². The average molecular weight is 764 g/mol. The van der Waals surface area contributed by atoms with E-state index >= 15 is 0 Å². The summed E-state index contributed by atoms with van der Waals surface area (Å²) in [7, 11) is 0. The molecule has 0 aromatic heterocycles. The normalized spacial score (nSPS) is 13.8. The molecule has 37 heavy (non-hydrogen) atoms. The van der Waals surface area contributed by atoms with Crippen LogP contribution in [0, 0.1) is 64.2 Å².